The fraction of sp³-hybridized carbons (Fsp3) is 0.231. The number of hydrogen-bond donors (Lipinski definition) is 2. The SMILES string of the molecule is Cc1ccc(O)c(CNCc2ccncn2)c1. The highest BCUT2D eigenvalue weighted by molar-refractivity contribution is 5.35. The molecule has 17 heavy (non-hydrogen) atoms. The molecule has 0 amide bonds. The van der Waals surface area contributed by atoms with Gasteiger partial charge in [0.15, 0.2) is 0 Å². The highest BCUT2D eigenvalue weighted by Gasteiger charge is 2.01. The lowest BCUT2D eigenvalue weighted by atomic mass is 10.1. The number of phenolic OH excluding ortho intramolecular Hbond substituents is 1. The molecule has 0 saturated heterocycles. The molecule has 0 bridgehead atoms. The van der Waals surface area contributed by atoms with E-state index >= 15 is 0 Å². The van der Waals surface area contributed by atoms with Crippen molar-refractivity contribution in [2.75, 3.05) is 0 Å². The van der Waals surface area contributed by atoms with Crippen LogP contribution in [-0.4, -0.2) is 15.1 Å². The van der Waals surface area contributed by atoms with Gasteiger partial charge >= 0.3 is 0 Å². The minimum atomic E-state index is 0.325. The Bertz CT molecular complexity index is 485. The van der Waals surface area contributed by atoms with Gasteiger partial charge in [-0.05, 0) is 19.1 Å². The van der Waals surface area contributed by atoms with Crippen LogP contribution in [0.25, 0.3) is 0 Å². The van der Waals surface area contributed by atoms with Crippen LogP contribution >= 0.6 is 0 Å². The molecule has 1 aromatic heterocycles. The number of phenols is 1. The monoisotopic (exact) mass is 229 g/mol. The molecular formula is C13H15N3O. The first kappa shape index (κ1) is 11.5. The van der Waals surface area contributed by atoms with Crippen LogP contribution in [-0.2, 0) is 13.1 Å². The number of aryl methyl sites for hydroxylation is 1. The number of aromatic nitrogens is 2. The van der Waals surface area contributed by atoms with Crippen molar-refractivity contribution in [3.8, 4) is 5.75 Å². The van der Waals surface area contributed by atoms with Crippen molar-refractivity contribution >= 4 is 0 Å². The van der Waals surface area contributed by atoms with E-state index in [0.717, 1.165) is 16.8 Å². The van der Waals surface area contributed by atoms with E-state index in [1.54, 1.807) is 12.3 Å². The van der Waals surface area contributed by atoms with Gasteiger partial charge in [-0.15, -0.1) is 0 Å². The number of hydrogen-bond acceptors (Lipinski definition) is 4. The van der Waals surface area contributed by atoms with Crippen molar-refractivity contribution in [3.05, 3.63) is 53.6 Å². The standard InChI is InChI=1S/C13H15N3O/c1-10-2-3-13(17)11(6-10)7-15-8-12-4-5-14-9-16-12/h2-6,9,15,17H,7-8H2,1H3. The van der Waals surface area contributed by atoms with Crippen LogP contribution in [0.5, 0.6) is 5.75 Å². The summed E-state index contributed by atoms with van der Waals surface area (Å²) in [5.74, 6) is 0.325. The molecule has 0 atom stereocenters. The first-order valence-corrected chi connectivity index (χ1v) is 5.50. The quantitative estimate of drug-likeness (QED) is 0.839. The van der Waals surface area contributed by atoms with E-state index < -0.39 is 0 Å². The maximum absolute atomic E-state index is 9.67. The number of benzene rings is 1. The average Bonchev–Trinajstić information content (AvgIpc) is 2.35. The molecule has 0 spiro atoms. The Hall–Kier alpha value is -1.94. The molecule has 1 aromatic carbocycles. The fourth-order valence-electron chi connectivity index (χ4n) is 1.60. The van der Waals surface area contributed by atoms with E-state index in [9.17, 15) is 5.11 Å². The maximum Gasteiger partial charge on any atom is 0.120 e. The molecule has 0 saturated carbocycles. The minimum Gasteiger partial charge on any atom is -0.508 e. The van der Waals surface area contributed by atoms with Crippen LogP contribution in [0, 0.1) is 6.92 Å². The van der Waals surface area contributed by atoms with E-state index in [4.69, 9.17) is 0 Å². The molecule has 4 heteroatoms. The molecule has 0 fully saturated rings. The van der Waals surface area contributed by atoms with Gasteiger partial charge in [-0.3, -0.25) is 0 Å². The van der Waals surface area contributed by atoms with Gasteiger partial charge < -0.3 is 10.4 Å². The maximum atomic E-state index is 9.67. The zero-order valence-corrected chi connectivity index (χ0v) is 9.72. The molecule has 0 aliphatic heterocycles. The summed E-state index contributed by atoms with van der Waals surface area (Å²) in [7, 11) is 0. The lowest BCUT2D eigenvalue weighted by Gasteiger charge is -2.07. The van der Waals surface area contributed by atoms with Crippen molar-refractivity contribution in [2.45, 2.75) is 20.0 Å². The summed E-state index contributed by atoms with van der Waals surface area (Å²) in [5, 5.41) is 12.9. The Balaban J connectivity index is 1.92. The van der Waals surface area contributed by atoms with E-state index in [1.807, 2.05) is 25.1 Å². The Labute approximate surface area is 100 Å². The molecule has 0 radical (unpaired) electrons. The van der Waals surface area contributed by atoms with Crippen LogP contribution < -0.4 is 5.32 Å². The molecule has 88 valence electrons. The Morgan fingerprint density at radius 3 is 2.88 bits per heavy atom. The summed E-state index contributed by atoms with van der Waals surface area (Å²) in [6.45, 7) is 3.29. The lowest BCUT2D eigenvalue weighted by Crippen LogP contribution is -2.13. The van der Waals surface area contributed by atoms with Crippen molar-refractivity contribution in [1.29, 1.82) is 0 Å². The van der Waals surface area contributed by atoms with Gasteiger partial charge in [0.25, 0.3) is 0 Å². The minimum absolute atomic E-state index is 0.325. The van der Waals surface area contributed by atoms with E-state index in [2.05, 4.69) is 15.3 Å². The first-order valence-electron chi connectivity index (χ1n) is 5.50. The summed E-state index contributed by atoms with van der Waals surface area (Å²) in [6.07, 6.45) is 3.25. The molecule has 2 rings (SSSR count). The first-order chi connectivity index (χ1) is 8.25. The van der Waals surface area contributed by atoms with Crippen molar-refractivity contribution in [2.24, 2.45) is 0 Å². The van der Waals surface area contributed by atoms with Crippen LogP contribution in [0.1, 0.15) is 16.8 Å². The average molecular weight is 229 g/mol. The Kier molecular flexibility index (Phi) is 3.67. The second-order valence-electron chi connectivity index (χ2n) is 3.94. The summed E-state index contributed by atoms with van der Waals surface area (Å²) in [5.41, 5.74) is 2.98. The third kappa shape index (κ3) is 3.26. The molecule has 2 aromatic rings. The highest BCUT2D eigenvalue weighted by atomic mass is 16.3. The van der Waals surface area contributed by atoms with E-state index in [1.165, 1.54) is 6.33 Å². The van der Waals surface area contributed by atoms with Crippen LogP contribution in [0.4, 0.5) is 0 Å². The smallest absolute Gasteiger partial charge is 0.120 e. The van der Waals surface area contributed by atoms with Crippen LogP contribution in [0.3, 0.4) is 0 Å². The Morgan fingerprint density at radius 1 is 1.24 bits per heavy atom. The molecule has 0 aliphatic carbocycles. The van der Waals surface area contributed by atoms with E-state index in [0.29, 0.717) is 18.8 Å². The zero-order valence-electron chi connectivity index (χ0n) is 9.72. The predicted molar refractivity (Wildman–Crippen MR) is 65.4 cm³/mol. The summed E-state index contributed by atoms with van der Waals surface area (Å²) in [4.78, 5) is 7.97. The molecule has 4 nitrogen and oxygen atoms in total. The van der Waals surface area contributed by atoms with E-state index in [-0.39, 0.29) is 0 Å². The van der Waals surface area contributed by atoms with Crippen molar-refractivity contribution in [3.63, 3.8) is 0 Å². The number of rotatable bonds is 4. The third-order valence-electron chi connectivity index (χ3n) is 2.50. The highest BCUT2D eigenvalue weighted by Crippen LogP contribution is 2.17. The molecule has 0 unspecified atom stereocenters. The van der Waals surface area contributed by atoms with Crippen LogP contribution in [0.15, 0.2) is 36.8 Å². The lowest BCUT2D eigenvalue weighted by molar-refractivity contribution is 0.464. The summed E-state index contributed by atoms with van der Waals surface area (Å²) >= 11 is 0. The topological polar surface area (TPSA) is 58.0 Å². The summed E-state index contributed by atoms with van der Waals surface area (Å²) in [6, 6.07) is 7.45. The zero-order chi connectivity index (χ0) is 12.1. The normalized spacial score (nSPS) is 10.4. The predicted octanol–water partition coefficient (Wildman–Crippen LogP) is 1.78. The third-order valence-corrected chi connectivity index (χ3v) is 2.50. The van der Waals surface area contributed by atoms with Gasteiger partial charge in [0.05, 0.1) is 5.69 Å². The molecule has 0 aliphatic rings. The number of nitrogens with zero attached hydrogens (tertiary/aromatic N) is 2. The van der Waals surface area contributed by atoms with Gasteiger partial charge in [-0.1, -0.05) is 17.7 Å². The fourth-order valence-corrected chi connectivity index (χ4v) is 1.60. The van der Waals surface area contributed by atoms with Crippen molar-refractivity contribution < 1.29 is 5.11 Å². The van der Waals surface area contributed by atoms with Gasteiger partial charge in [0, 0.05) is 24.8 Å². The largest absolute Gasteiger partial charge is 0.508 e. The molecular weight excluding hydrogens is 214 g/mol. The van der Waals surface area contributed by atoms with Crippen LogP contribution in [0.2, 0.25) is 0 Å². The van der Waals surface area contributed by atoms with Gasteiger partial charge in [0.2, 0.25) is 0 Å². The number of nitrogens with one attached hydrogen (secondary N) is 1. The molecule has 1 heterocycles. The second kappa shape index (κ2) is 5.41. The second-order valence-corrected chi connectivity index (χ2v) is 3.94. The molecule has 2 N–H and O–H groups in total. The van der Waals surface area contributed by atoms with Gasteiger partial charge in [-0.25, -0.2) is 9.97 Å². The van der Waals surface area contributed by atoms with Crippen molar-refractivity contribution in [1.82, 2.24) is 15.3 Å². The number of aromatic hydroxyl groups is 1. The Morgan fingerprint density at radius 2 is 2.12 bits per heavy atom. The van der Waals surface area contributed by atoms with Gasteiger partial charge in [-0.2, -0.15) is 0 Å². The van der Waals surface area contributed by atoms with Gasteiger partial charge in [0.1, 0.15) is 12.1 Å². The summed E-state index contributed by atoms with van der Waals surface area (Å²) < 4.78 is 0.